The molecule has 0 bridgehead atoms. The molecular weight excluding hydrogens is 406 g/mol. The van der Waals surface area contributed by atoms with Crippen LogP contribution in [0.25, 0.3) is 11.1 Å². The van der Waals surface area contributed by atoms with Crippen LogP contribution in [0.4, 0.5) is 5.69 Å². The summed E-state index contributed by atoms with van der Waals surface area (Å²) >= 11 is 1.50. The van der Waals surface area contributed by atoms with Crippen LogP contribution in [-0.4, -0.2) is 33.4 Å². The average Bonchev–Trinajstić information content (AvgIpc) is 3.39. The van der Waals surface area contributed by atoms with Crippen LogP contribution >= 0.6 is 11.8 Å². The maximum Gasteiger partial charge on any atom is 0.237 e. The Balaban J connectivity index is 1.49. The van der Waals surface area contributed by atoms with E-state index in [0.717, 1.165) is 59.4 Å². The van der Waals surface area contributed by atoms with E-state index in [9.17, 15) is 4.79 Å². The van der Waals surface area contributed by atoms with Gasteiger partial charge in [-0.3, -0.25) is 4.79 Å². The highest BCUT2D eigenvalue weighted by molar-refractivity contribution is 8.00. The van der Waals surface area contributed by atoms with Gasteiger partial charge in [0.25, 0.3) is 0 Å². The highest BCUT2D eigenvalue weighted by Crippen LogP contribution is 2.30. The highest BCUT2D eigenvalue weighted by Gasteiger charge is 2.23. The van der Waals surface area contributed by atoms with Crippen molar-refractivity contribution in [2.45, 2.75) is 56.7 Å². The Bertz CT molecular complexity index is 1040. The molecule has 2 aromatic carbocycles. The molecule has 6 heteroatoms. The van der Waals surface area contributed by atoms with E-state index in [0.29, 0.717) is 0 Å². The van der Waals surface area contributed by atoms with Crippen LogP contribution < -0.4 is 5.32 Å². The minimum atomic E-state index is -0.284. The second-order valence-electron chi connectivity index (χ2n) is 7.97. The third-order valence-electron chi connectivity index (χ3n) is 5.75. The number of ether oxygens (including phenoxy) is 1. The minimum Gasteiger partial charge on any atom is -0.376 e. The van der Waals surface area contributed by atoms with Crippen molar-refractivity contribution in [3.05, 3.63) is 66.0 Å². The van der Waals surface area contributed by atoms with Crippen LogP contribution in [0.1, 0.15) is 31.2 Å². The van der Waals surface area contributed by atoms with Crippen molar-refractivity contribution in [3.8, 4) is 11.1 Å². The average molecular weight is 436 g/mol. The number of benzene rings is 2. The molecule has 1 aliphatic heterocycles. The minimum absolute atomic E-state index is 0.0321. The SMILES string of the molecule is Cc1nc(S[C@@H](C)C(=O)Nc2ccccc2-c2ccccc2)n(C[C@H]2CCCO2)c1C. The number of hydrogen-bond donors (Lipinski definition) is 1. The fourth-order valence-corrected chi connectivity index (χ4v) is 4.84. The van der Waals surface area contributed by atoms with E-state index in [1.54, 1.807) is 0 Å². The third kappa shape index (κ3) is 5.02. The molecule has 0 unspecified atom stereocenters. The monoisotopic (exact) mass is 435 g/mol. The number of carbonyl (C=O) groups excluding carboxylic acids is 1. The zero-order valence-corrected chi connectivity index (χ0v) is 19.1. The van der Waals surface area contributed by atoms with Gasteiger partial charge in [0.2, 0.25) is 5.91 Å². The quantitative estimate of drug-likeness (QED) is 0.500. The van der Waals surface area contributed by atoms with E-state index in [-0.39, 0.29) is 17.3 Å². The largest absolute Gasteiger partial charge is 0.376 e. The summed E-state index contributed by atoms with van der Waals surface area (Å²) in [5.41, 5.74) is 5.06. The molecule has 1 fully saturated rings. The molecule has 1 amide bonds. The summed E-state index contributed by atoms with van der Waals surface area (Å²) in [7, 11) is 0. The summed E-state index contributed by atoms with van der Waals surface area (Å²) in [4.78, 5) is 17.8. The number of nitrogens with zero attached hydrogens (tertiary/aromatic N) is 2. The Morgan fingerprint density at radius 2 is 1.94 bits per heavy atom. The summed E-state index contributed by atoms with van der Waals surface area (Å²) < 4.78 is 8.03. The molecule has 5 nitrogen and oxygen atoms in total. The molecule has 2 atom stereocenters. The third-order valence-corrected chi connectivity index (χ3v) is 6.84. The zero-order valence-electron chi connectivity index (χ0n) is 18.3. The molecule has 31 heavy (non-hydrogen) atoms. The van der Waals surface area contributed by atoms with Crippen molar-refractivity contribution in [1.29, 1.82) is 0 Å². The number of imidazole rings is 1. The van der Waals surface area contributed by atoms with Gasteiger partial charge in [0.15, 0.2) is 5.16 Å². The standard InChI is InChI=1S/C25H29N3O2S/c1-17-18(2)28(16-21-12-9-15-30-21)25(26-17)31-19(3)24(29)27-23-14-8-7-13-22(23)20-10-5-4-6-11-20/h4-8,10-11,13-14,19,21H,9,12,15-16H2,1-3H3,(H,27,29)/t19-,21+/m0/s1. The number of nitrogens with one attached hydrogen (secondary N) is 1. The van der Waals surface area contributed by atoms with E-state index < -0.39 is 0 Å². The number of hydrogen-bond acceptors (Lipinski definition) is 4. The maximum absolute atomic E-state index is 13.1. The lowest BCUT2D eigenvalue weighted by molar-refractivity contribution is -0.115. The van der Waals surface area contributed by atoms with Gasteiger partial charge in [-0.05, 0) is 45.2 Å². The zero-order chi connectivity index (χ0) is 21.8. The van der Waals surface area contributed by atoms with Crippen molar-refractivity contribution in [3.63, 3.8) is 0 Å². The van der Waals surface area contributed by atoms with Crippen molar-refractivity contribution >= 4 is 23.4 Å². The summed E-state index contributed by atoms with van der Waals surface area (Å²) in [6.07, 6.45) is 2.42. The van der Waals surface area contributed by atoms with Crippen molar-refractivity contribution in [1.82, 2.24) is 9.55 Å². The number of amides is 1. The number of aryl methyl sites for hydroxylation is 1. The van der Waals surface area contributed by atoms with Crippen LogP contribution in [0.15, 0.2) is 59.8 Å². The molecular formula is C25H29N3O2S. The molecule has 3 aromatic rings. The van der Waals surface area contributed by atoms with Gasteiger partial charge in [-0.15, -0.1) is 0 Å². The van der Waals surface area contributed by atoms with E-state index in [4.69, 9.17) is 9.72 Å². The molecule has 1 aliphatic rings. The highest BCUT2D eigenvalue weighted by atomic mass is 32.2. The fourth-order valence-electron chi connectivity index (χ4n) is 3.83. The summed E-state index contributed by atoms with van der Waals surface area (Å²) in [6, 6.07) is 18.0. The number of para-hydroxylation sites is 1. The molecule has 1 N–H and O–H groups in total. The van der Waals surface area contributed by atoms with Crippen LogP contribution in [0.2, 0.25) is 0 Å². The molecule has 1 aromatic heterocycles. The Morgan fingerprint density at radius 3 is 2.68 bits per heavy atom. The van der Waals surface area contributed by atoms with Crippen LogP contribution in [0.5, 0.6) is 0 Å². The molecule has 0 aliphatic carbocycles. The second kappa shape index (κ2) is 9.71. The first-order chi connectivity index (χ1) is 15.0. The Kier molecular flexibility index (Phi) is 6.78. The smallest absolute Gasteiger partial charge is 0.237 e. The van der Waals surface area contributed by atoms with Gasteiger partial charge < -0.3 is 14.6 Å². The van der Waals surface area contributed by atoms with E-state index in [1.165, 1.54) is 11.8 Å². The normalized spacial score (nSPS) is 16.9. The lowest BCUT2D eigenvalue weighted by atomic mass is 10.0. The lowest BCUT2D eigenvalue weighted by Crippen LogP contribution is -2.24. The number of anilines is 1. The number of rotatable bonds is 7. The van der Waals surface area contributed by atoms with E-state index in [1.807, 2.05) is 56.3 Å². The summed E-state index contributed by atoms with van der Waals surface area (Å²) in [6.45, 7) is 7.66. The molecule has 0 spiro atoms. The summed E-state index contributed by atoms with van der Waals surface area (Å²) in [5.74, 6) is -0.0321. The predicted molar refractivity (Wildman–Crippen MR) is 127 cm³/mol. The van der Waals surface area contributed by atoms with E-state index in [2.05, 4.69) is 28.9 Å². The molecule has 162 valence electrons. The Hall–Kier alpha value is -2.57. The first-order valence-electron chi connectivity index (χ1n) is 10.8. The van der Waals surface area contributed by atoms with Gasteiger partial charge in [-0.1, -0.05) is 60.3 Å². The maximum atomic E-state index is 13.1. The first kappa shape index (κ1) is 21.7. The van der Waals surface area contributed by atoms with Crippen molar-refractivity contribution in [2.75, 3.05) is 11.9 Å². The predicted octanol–water partition coefficient (Wildman–Crippen LogP) is 5.47. The number of thioether (sulfide) groups is 1. The Labute approximate surface area is 188 Å². The van der Waals surface area contributed by atoms with E-state index >= 15 is 0 Å². The second-order valence-corrected chi connectivity index (χ2v) is 9.28. The molecule has 0 saturated carbocycles. The van der Waals surface area contributed by atoms with Crippen molar-refractivity contribution < 1.29 is 9.53 Å². The van der Waals surface area contributed by atoms with Gasteiger partial charge in [0.05, 0.1) is 23.6 Å². The topological polar surface area (TPSA) is 56.2 Å². The molecule has 0 radical (unpaired) electrons. The molecule has 2 heterocycles. The van der Waals surface area contributed by atoms with Gasteiger partial charge in [-0.2, -0.15) is 0 Å². The van der Waals surface area contributed by atoms with Crippen LogP contribution in [-0.2, 0) is 16.1 Å². The van der Waals surface area contributed by atoms with Gasteiger partial charge >= 0.3 is 0 Å². The van der Waals surface area contributed by atoms with Crippen LogP contribution in [0, 0.1) is 13.8 Å². The summed E-state index contributed by atoms with van der Waals surface area (Å²) in [5, 5.41) is 3.72. The van der Waals surface area contributed by atoms with Crippen molar-refractivity contribution in [2.24, 2.45) is 0 Å². The Morgan fingerprint density at radius 1 is 1.19 bits per heavy atom. The molecule has 1 saturated heterocycles. The lowest BCUT2D eigenvalue weighted by Gasteiger charge is -2.17. The van der Waals surface area contributed by atoms with Gasteiger partial charge in [0, 0.05) is 23.6 Å². The number of aromatic nitrogens is 2. The van der Waals surface area contributed by atoms with Gasteiger partial charge in [0.1, 0.15) is 0 Å². The van der Waals surface area contributed by atoms with Crippen LogP contribution in [0.3, 0.4) is 0 Å². The fraction of sp³-hybridized carbons (Fsp3) is 0.360. The first-order valence-corrected chi connectivity index (χ1v) is 11.7. The number of carbonyl (C=O) groups is 1. The molecule has 4 rings (SSSR count). The van der Waals surface area contributed by atoms with Gasteiger partial charge in [-0.25, -0.2) is 4.98 Å².